The van der Waals surface area contributed by atoms with E-state index < -0.39 is 18.0 Å². The molecule has 0 radical (unpaired) electrons. The number of allylic oxidation sites excluding steroid dienone is 1. The molecule has 0 saturated carbocycles. The molecular weight excluding hydrogens is 532 g/mol. The minimum Gasteiger partial charge on any atom is -0.490 e. The summed E-state index contributed by atoms with van der Waals surface area (Å²) in [7, 11) is 1.32. The van der Waals surface area contributed by atoms with Gasteiger partial charge in [-0.3, -0.25) is 9.36 Å². The summed E-state index contributed by atoms with van der Waals surface area (Å²) in [5.74, 6) is 0.00540. The first-order valence-electron chi connectivity index (χ1n) is 12.7. The maximum atomic E-state index is 13.8. The van der Waals surface area contributed by atoms with Gasteiger partial charge in [-0.25, -0.2) is 14.6 Å². The van der Waals surface area contributed by atoms with Gasteiger partial charge >= 0.3 is 11.9 Å². The van der Waals surface area contributed by atoms with E-state index in [4.69, 9.17) is 18.9 Å². The maximum Gasteiger partial charge on any atom is 0.338 e. The van der Waals surface area contributed by atoms with Crippen LogP contribution < -0.4 is 24.4 Å². The van der Waals surface area contributed by atoms with Crippen LogP contribution in [0.25, 0.3) is 6.08 Å². The molecule has 0 amide bonds. The fourth-order valence-corrected chi connectivity index (χ4v) is 5.37. The van der Waals surface area contributed by atoms with Crippen molar-refractivity contribution in [1.29, 1.82) is 0 Å². The predicted molar refractivity (Wildman–Crippen MR) is 151 cm³/mol. The average molecular weight is 563 g/mol. The van der Waals surface area contributed by atoms with Crippen molar-refractivity contribution in [2.75, 3.05) is 26.9 Å². The molecule has 4 rings (SSSR count). The van der Waals surface area contributed by atoms with E-state index in [0.717, 1.165) is 5.56 Å². The van der Waals surface area contributed by atoms with Gasteiger partial charge in [0.05, 0.1) is 47.7 Å². The van der Waals surface area contributed by atoms with E-state index in [0.29, 0.717) is 50.9 Å². The first kappa shape index (κ1) is 28.6. The van der Waals surface area contributed by atoms with Crippen LogP contribution in [0.2, 0.25) is 0 Å². The van der Waals surface area contributed by atoms with Crippen LogP contribution in [0, 0.1) is 0 Å². The Bertz CT molecular complexity index is 1650. The van der Waals surface area contributed by atoms with Crippen molar-refractivity contribution >= 4 is 29.4 Å². The number of thiazole rings is 1. The highest BCUT2D eigenvalue weighted by atomic mass is 32.1. The molecule has 0 bridgehead atoms. The highest BCUT2D eigenvalue weighted by Gasteiger charge is 2.34. The van der Waals surface area contributed by atoms with Gasteiger partial charge in [0.1, 0.15) is 6.61 Å². The van der Waals surface area contributed by atoms with Crippen LogP contribution in [0.4, 0.5) is 0 Å². The van der Waals surface area contributed by atoms with E-state index in [1.165, 1.54) is 23.0 Å². The van der Waals surface area contributed by atoms with Crippen molar-refractivity contribution < 1.29 is 28.5 Å². The molecule has 1 aromatic heterocycles. The second kappa shape index (κ2) is 12.6. The Morgan fingerprint density at radius 3 is 2.45 bits per heavy atom. The number of fused-ring (bicyclic) bond motifs is 1. The first-order valence-corrected chi connectivity index (χ1v) is 13.5. The lowest BCUT2D eigenvalue weighted by molar-refractivity contribution is -0.139. The number of nitrogens with zero attached hydrogens (tertiary/aromatic N) is 2. The number of hydrogen-bond acceptors (Lipinski definition) is 9. The summed E-state index contributed by atoms with van der Waals surface area (Å²) >= 11 is 1.21. The molecule has 0 saturated heterocycles. The maximum absolute atomic E-state index is 13.8. The summed E-state index contributed by atoms with van der Waals surface area (Å²) in [6.45, 7) is 9.86. The van der Waals surface area contributed by atoms with Crippen LogP contribution >= 0.6 is 11.3 Å². The second-order valence-electron chi connectivity index (χ2n) is 8.65. The van der Waals surface area contributed by atoms with Crippen molar-refractivity contribution in [1.82, 2.24) is 4.57 Å². The summed E-state index contributed by atoms with van der Waals surface area (Å²) in [5.41, 5.74) is 2.18. The molecule has 0 N–H and O–H groups in total. The lowest BCUT2D eigenvalue weighted by Crippen LogP contribution is -2.40. The molecule has 208 valence electrons. The van der Waals surface area contributed by atoms with E-state index in [-0.39, 0.29) is 17.7 Å². The zero-order valence-electron chi connectivity index (χ0n) is 22.8. The van der Waals surface area contributed by atoms with Crippen LogP contribution in [-0.2, 0) is 14.3 Å². The van der Waals surface area contributed by atoms with E-state index in [1.54, 1.807) is 68.5 Å². The number of esters is 2. The quantitative estimate of drug-likeness (QED) is 0.275. The van der Waals surface area contributed by atoms with Crippen molar-refractivity contribution in [3.8, 4) is 11.5 Å². The standard InChI is InChI=1S/C30H30N2O7S/c1-6-15-39-22-14-13-21(17-23(22)37-7-2)26-25(29(35)38-8-3)18(4)31-30-32(26)27(33)24(40-30)16-19-9-11-20(12-10-19)28(34)36-5/h6,9-14,16-17,26H,1,7-8,15H2,2-5H3/b24-16+. The van der Waals surface area contributed by atoms with Crippen molar-refractivity contribution in [2.45, 2.75) is 26.8 Å². The lowest BCUT2D eigenvalue weighted by atomic mass is 9.95. The molecule has 0 spiro atoms. The molecule has 9 nitrogen and oxygen atoms in total. The summed E-state index contributed by atoms with van der Waals surface area (Å²) in [6, 6.07) is 11.2. The number of carbonyl (C=O) groups excluding carboxylic acids is 2. The number of methoxy groups -OCH3 is 1. The molecule has 0 aliphatic carbocycles. The van der Waals surface area contributed by atoms with E-state index in [1.807, 2.05) is 6.92 Å². The summed E-state index contributed by atoms with van der Waals surface area (Å²) in [5, 5.41) is 0. The molecule has 40 heavy (non-hydrogen) atoms. The topological polar surface area (TPSA) is 105 Å². The Hall–Kier alpha value is -4.44. The minimum atomic E-state index is -0.799. The predicted octanol–water partition coefficient (Wildman–Crippen LogP) is 3.55. The van der Waals surface area contributed by atoms with E-state index in [2.05, 4.69) is 11.6 Å². The third kappa shape index (κ3) is 5.76. The number of benzene rings is 2. The first-order chi connectivity index (χ1) is 19.3. The van der Waals surface area contributed by atoms with Crippen molar-refractivity contribution in [2.24, 2.45) is 4.99 Å². The van der Waals surface area contributed by atoms with Gasteiger partial charge in [0, 0.05) is 0 Å². The zero-order valence-corrected chi connectivity index (χ0v) is 23.6. The van der Waals surface area contributed by atoms with Gasteiger partial charge in [-0.05, 0) is 62.2 Å². The molecule has 3 aromatic rings. The van der Waals surface area contributed by atoms with Crippen LogP contribution in [0.1, 0.15) is 48.3 Å². The molecule has 2 aromatic carbocycles. The average Bonchev–Trinajstić information content (AvgIpc) is 3.25. The summed E-state index contributed by atoms with van der Waals surface area (Å²) in [6.07, 6.45) is 3.36. The number of rotatable bonds is 10. The van der Waals surface area contributed by atoms with E-state index >= 15 is 0 Å². The highest BCUT2D eigenvalue weighted by molar-refractivity contribution is 7.07. The number of aromatic nitrogens is 1. The Morgan fingerprint density at radius 1 is 1.05 bits per heavy atom. The third-order valence-corrected chi connectivity index (χ3v) is 7.07. The van der Waals surface area contributed by atoms with Gasteiger partial charge in [-0.15, -0.1) is 0 Å². The molecule has 1 unspecified atom stereocenters. The molecule has 2 heterocycles. The normalized spacial score (nSPS) is 14.7. The number of hydrogen-bond donors (Lipinski definition) is 0. The molecule has 1 aliphatic rings. The smallest absolute Gasteiger partial charge is 0.338 e. The highest BCUT2D eigenvalue weighted by Crippen LogP contribution is 2.36. The monoisotopic (exact) mass is 562 g/mol. The lowest BCUT2D eigenvalue weighted by Gasteiger charge is -2.25. The van der Waals surface area contributed by atoms with Gasteiger partial charge < -0.3 is 18.9 Å². The summed E-state index contributed by atoms with van der Waals surface area (Å²) in [4.78, 5) is 43.9. The molecule has 10 heteroatoms. The van der Waals surface area contributed by atoms with Crippen LogP contribution in [0.15, 0.2) is 76.2 Å². The molecule has 1 aliphatic heterocycles. The molecule has 1 atom stereocenters. The Balaban J connectivity index is 1.89. The fourth-order valence-electron chi connectivity index (χ4n) is 4.32. The van der Waals surface area contributed by atoms with Crippen LogP contribution in [0.3, 0.4) is 0 Å². The molecule has 0 fully saturated rings. The summed E-state index contributed by atoms with van der Waals surface area (Å²) < 4.78 is 23.6. The second-order valence-corrected chi connectivity index (χ2v) is 9.66. The minimum absolute atomic E-state index is 0.173. The van der Waals surface area contributed by atoms with Gasteiger partial charge in [0.2, 0.25) is 0 Å². The van der Waals surface area contributed by atoms with Crippen LogP contribution in [0.5, 0.6) is 11.5 Å². The SMILES string of the molecule is C=CCOc1ccc(C2C(C(=O)OCC)=C(C)N=c3s/c(=C/c4ccc(C(=O)OC)cc4)c(=O)n32)cc1OCC. The Morgan fingerprint density at radius 2 is 1.80 bits per heavy atom. The van der Waals surface area contributed by atoms with Gasteiger partial charge in [0.15, 0.2) is 16.3 Å². The zero-order chi connectivity index (χ0) is 28.8. The van der Waals surface area contributed by atoms with E-state index in [9.17, 15) is 14.4 Å². The number of carbonyl (C=O) groups is 2. The van der Waals surface area contributed by atoms with Gasteiger partial charge in [-0.1, -0.05) is 42.2 Å². The Kier molecular flexibility index (Phi) is 9.00. The number of ether oxygens (including phenoxy) is 4. The third-order valence-electron chi connectivity index (χ3n) is 6.09. The van der Waals surface area contributed by atoms with Crippen molar-refractivity contribution in [3.05, 3.63) is 103 Å². The Labute approximate surface area is 235 Å². The van der Waals surface area contributed by atoms with Gasteiger partial charge in [-0.2, -0.15) is 0 Å². The largest absolute Gasteiger partial charge is 0.490 e. The fraction of sp³-hybridized carbons (Fsp3) is 0.267. The molecular formula is C30H30N2O7S. The van der Waals surface area contributed by atoms with Gasteiger partial charge in [0.25, 0.3) is 5.56 Å². The van der Waals surface area contributed by atoms with Crippen LogP contribution in [-0.4, -0.2) is 43.4 Å². The van der Waals surface area contributed by atoms with Crippen molar-refractivity contribution in [3.63, 3.8) is 0 Å².